The van der Waals surface area contributed by atoms with Gasteiger partial charge in [-0.05, 0) is 42.2 Å². The van der Waals surface area contributed by atoms with Crippen molar-refractivity contribution in [1.29, 1.82) is 0 Å². The van der Waals surface area contributed by atoms with Crippen molar-refractivity contribution < 1.29 is 9.53 Å². The minimum absolute atomic E-state index is 0.264. The van der Waals surface area contributed by atoms with E-state index in [1.165, 1.54) is 32.1 Å². The van der Waals surface area contributed by atoms with Gasteiger partial charge in [-0.3, -0.25) is 4.79 Å². The average Bonchev–Trinajstić information content (AvgIpc) is 3.04. The summed E-state index contributed by atoms with van der Waals surface area (Å²) in [4.78, 5) is 13.0. The van der Waals surface area contributed by atoms with Crippen LogP contribution in [0.1, 0.15) is 60.1 Å². The second kappa shape index (κ2) is 7.99. The largest absolute Gasteiger partial charge is 0.487 e. The third-order valence-corrected chi connectivity index (χ3v) is 5.66. The fraction of sp³-hybridized carbons (Fsp3) is 0.375. The van der Waals surface area contributed by atoms with E-state index >= 15 is 0 Å². The Morgan fingerprint density at radius 2 is 1.85 bits per heavy atom. The van der Waals surface area contributed by atoms with Crippen molar-refractivity contribution in [3.8, 4) is 5.75 Å². The number of pyridine rings is 1. The molecule has 3 nitrogen and oxygen atoms in total. The van der Waals surface area contributed by atoms with E-state index in [1.807, 2.05) is 47.9 Å². The van der Waals surface area contributed by atoms with Gasteiger partial charge in [-0.15, -0.1) is 0 Å². The number of carbonyl (C=O) groups is 1. The lowest BCUT2D eigenvalue weighted by Gasteiger charge is -2.20. The van der Waals surface area contributed by atoms with E-state index in [0.29, 0.717) is 18.9 Å². The Labute approximate surface area is 161 Å². The summed E-state index contributed by atoms with van der Waals surface area (Å²) in [6.07, 6.45) is 8.89. The second-order valence-electron chi connectivity index (χ2n) is 7.71. The number of aryl methyl sites for hydroxylation is 1. The molecular weight excluding hydrogens is 334 g/mol. The Hall–Kier alpha value is -2.55. The number of ketones is 1. The quantitative estimate of drug-likeness (QED) is 0.506. The Balaban J connectivity index is 1.57. The van der Waals surface area contributed by atoms with Crippen LogP contribution < -0.4 is 4.74 Å². The van der Waals surface area contributed by atoms with E-state index in [4.69, 9.17) is 4.74 Å². The van der Waals surface area contributed by atoms with Crippen LogP contribution in [0.4, 0.5) is 0 Å². The number of fused-ring (bicyclic) bond motifs is 1. The first-order valence-electron chi connectivity index (χ1n) is 10.0. The zero-order valence-corrected chi connectivity index (χ0v) is 16.0. The lowest BCUT2D eigenvalue weighted by Crippen LogP contribution is -2.14. The SMILES string of the molecule is Cc1cc2c(OCc3ccccc3)cccn2c1C(=O)CC1CCCCC1. The summed E-state index contributed by atoms with van der Waals surface area (Å²) in [7, 11) is 0. The van der Waals surface area contributed by atoms with E-state index < -0.39 is 0 Å². The topological polar surface area (TPSA) is 30.7 Å². The van der Waals surface area contributed by atoms with E-state index in [-0.39, 0.29) is 5.78 Å². The summed E-state index contributed by atoms with van der Waals surface area (Å²) < 4.78 is 8.09. The highest BCUT2D eigenvalue weighted by Crippen LogP contribution is 2.30. The van der Waals surface area contributed by atoms with Gasteiger partial charge in [0.05, 0.1) is 11.2 Å². The van der Waals surface area contributed by atoms with Crippen LogP contribution in [0.2, 0.25) is 0 Å². The molecule has 4 rings (SSSR count). The van der Waals surface area contributed by atoms with Crippen molar-refractivity contribution in [3.05, 3.63) is 71.5 Å². The van der Waals surface area contributed by atoms with Crippen LogP contribution in [0.3, 0.4) is 0 Å². The van der Waals surface area contributed by atoms with Crippen LogP contribution >= 0.6 is 0 Å². The Kier molecular flexibility index (Phi) is 5.28. The van der Waals surface area contributed by atoms with Crippen LogP contribution in [0.25, 0.3) is 5.52 Å². The van der Waals surface area contributed by atoms with Crippen molar-refractivity contribution in [2.75, 3.05) is 0 Å². The standard InChI is InChI=1S/C24H27NO2/c1-18-15-21-23(27-17-20-11-6-3-7-12-20)13-8-14-25(21)24(18)22(26)16-19-9-4-2-5-10-19/h3,6-8,11-15,19H,2,4-5,9-10,16-17H2,1H3. The molecule has 3 aromatic rings. The molecule has 0 spiro atoms. The summed E-state index contributed by atoms with van der Waals surface area (Å²) in [6.45, 7) is 2.55. The minimum atomic E-state index is 0.264. The number of nitrogens with zero attached hydrogens (tertiary/aromatic N) is 1. The van der Waals surface area contributed by atoms with E-state index in [2.05, 4.69) is 18.2 Å². The van der Waals surface area contributed by atoms with Crippen molar-refractivity contribution in [1.82, 2.24) is 4.40 Å². The van der Waals surface area contributed by atoms with Crippen molar-refractivity contribution in [2.45, 2.75) is 52.1 Å². The van der Waals surface area contributed by atoms with Crippen LogP contribution in [0.15, 0.2) is 54.7 Å². The molecule has 0 amide bonds. The molecule has 27 heavy (non-hydrogen) atoms. The lowest BCUT2D eigenvalue weighted by molar-refractivity contribution is 0.0944. The fourth-order valence-electron chi connectivity index (χ4n) is 4.26. The number of ether oxygens (including phenoxy) is 1. The van der Waals surface area contributed by atoms with Crippen LogP contribution in [0, 0.1) is 12.8 Å². The first kappa shape index (κ1) is 17.8. The normalized spacial score (nSPS) is 15.1. The highest BCUT2D eigenvalue weighted by molar-refractivity contribution is 5.98. The number of rotatable bonds is 6. The molecule has 140 valence electrons. The van der Waals surface area contributed by atoms with Gasteiger partial charge in [0.2, 0.25) is 0 Å². The zero-order valence-electron chi connectivity index (χ0n) is 16.0. The van der Waals surface area contributed by atoms with Gasteiger partial charge < -0.3 is 9.14 Å². The molecule has 1 aromatic carbocycles. The Bertz CT molecular complexity index is 920. The van der Waals surface area contributed by atoms with Crippen molar-refractivity contribution >= 4 is 11.3 Å². The third kappa shape index (κ3) is 3.92. The molecule has 0 saturated heterocycles. The molecule has 0 unspecified atom stereocenters. The smallest absolute Gasteiger partial charge is 0.180 e. The van der Waals surface area contributed by atoms with Gasteiger partial charge in [0, 0.05) is 12.6 Å². The number of hydrogen-bond donors (Lipinski definition) is 0. The molecule has 0 bridgehead atoms. The molecule has 2 heterocycles. The number of hydrogen-bond acceptors (Lipinski definition) is 2. The maximum Gasteiger partial charge on any atom is 0.180 e. The molecule has 0 aliphatic heterocycles. The first-order valence-corrected chi connectivity index (χ1v) is 10.0. The summed E-state index contributed by atoms with van der Waals surface area (Å²) in [5.41, 5.74) is 3.96. The molecule has 1 fully saturated rings. The van der Waals surface area contributed by atoms with Crippen LogP contribution in [-0.4, -0.2) is 10.2 Å². The fourth-order valence-corrected chi connectivity index (χ4v) is 4.26. The molecule has 1 saturated carbocycles. The van der Waals surface area contributed by atoms with Gasteiger partial charge in [-0.25, -0.2) is 0 Å². The summed E-state index contributed by atoms with van der Waals surface area (Å²) in [5, 5.41) is 0. The van der Waals surface area contributed by atoms with E-state index in [9.17, 15) is 4.79 Å². The summed E-state index contributed by atoms with van der Waals surface area (Å²) in [5.74, 6) is 1.63. The van der Waals surface area contributed by atoms with Gasteiger partial charge in [0.15, 0.2) is 5.78 Å². The molecule has 1 aliphatic carbocycles. The summed E-state index contributed by atoms with van der Waals surface area (Å²) >= 11 is 0. The number of Topliss-reactive ketones (excluding diaryl/α,β-unsaturated/α-hetero) is 1. The highest BCUT2D eigenvalue weighted by atomic mass is 16.5. The second-order valence-corrected chi connectivity index (χ2v) is 7.71. The van der Waals surface area contributed by atoms with Crippen molar-refractivity contribution in [2.24, 2.45) is 5.92 Å². The third-order valence-electron chi connectivity index (χ3n) is 5.66. The molecule has 0 N–H and O–H groups in total. The minimum Gasteiger partial charge on any atom is -0.487 e. The first-order chi connectivity index (χ1) is 13.2. The maximum absolute atomic E-state index is 13.0. The summed E-state index contributed by atoms with van der Waals surface area (Å²) in [6, 6.07) is 16.2. The van der Waals surface area contributed by atoms with Crippen molar-refractivity contribution in [3.63, 3.8) is 0 Å². The molecule has 0 radical (unpaired) electrons. The van der Waals surface area contributed by atoms with Gasteiger partial charge in [0.25, 0.3) is 0 Å². The highest BCUT2D eigenvalue weighted by Gasteiger charge is 2.22. The molecule has 2 aromatic heterocycles. The monoisotopic (exact) mass is 361 g/mol. The lowest BCUT2D eigenvalue weighted by atomic mass is 9.85. The van der Waals surface area contributed by atoms with Gasteiger partial charge in [-0.2, -0.15) is 0 Å². The van der Waals surface area contributed by atoms with Gasteiger partial charge in [0.1, 0.15) is 12.4 Å². The molecular formula is C24H27NO2. The molecule has 3 heteroatoms. The molecule has 0 atom stereocenters. The Morgan fingerprint density at radius 1 is 1.07 bits per heavy atom. The van der Waals surface area contributed by atoms with Crippen LogP contribution in [-0.2, 0) is 6.61 Å². The Morgan fingerprint density at radius 3 is 2.63 bits per heavy atom. The number of benzene rings is 1. The number of aromatic nitrogens is 1. The predicted octanol–water partition coefficient (Wildman–Crippen LogP) is 5.98. The maximum atomic E-state index is 13.0. The van der Waals surface area contributed by atoms with E-state index in [1.54, 1.807) is 0 Å². The zero-order chi connectivity index (χ0) is 18.6. The van der Waals surface area contributed by atoms with Gasteiger partial charge >= 0.3 is 0 Å². The van der Waals surface area contributed by atoms with E-state index in [0.717, 1.165) is 28.1 Å². The average molecular weight is 361 g/mol. The predicted molar refractivity (Wildman–Crippen MR) is 108 cm³/mol. The van der Waals surface area contributed by atoms with Gasteiger partial charge in [-0.1, -0.05) is 62.4 Å². The van der Waals surface area contributed by atoms with Crippen LogP contribution in [0.5, 0.6) is 5.75 Å². The molecule has 1 aliphatic rings. The number of carbonyl (C=O) groups excluding carboxylic acids is 1.